The first-order chi connectivity index (χ1) is 9.35. The summed E-state index contributed by atoms with van der Waals surface area (Å²) in [5.74, 6) is 0. The van der Waals surface area contributed by atoms with Gasteiger partial charge in [0.15, 0.2) is 0 Å². The Morgan fingerprint density at radius 1 is 1.30 bits per heavy atom. The molecule has 0 amide bonds. The van der Waals surface area contributed by atoms with Gasteiger partial charge in [-0.3, -0.25) is 0 Å². The van der Waals surface area contributed by atoms with E-state index in [-0.39, 0.29) is 16.7 Å². The zero-order valence-corrected chi connectivity index (χ0v) is 12.5. The van der Waals surface area contributed by atoms with Crippen LogP contribution in [-0.2, 0) is 0 Å². The minimum absolute atomic E-state index is 0.129. The van der Waals surface area contributed by atoms with E-state index in [9.17, 15) is 13.2 Å². The molecule has 2 aromatic rings. The quantitative estimate of drug-likeness (QED) is 0.671. The number of thiocarbonyl (C=S) groups is 1. The molecule has 1 N–H and O–H groups in total. The van der Waals surface area contributed by atoms with Crippen LogP contribution in [0.1, 0.15) is 10.6 Å². The van der Waals surface area contributed by atoms with E-state index in [0.717, 1.165) is 10.6 Å². The third-order valence-corrected chi connectivity index (χ3v) is 4.22. The number of benzene rings is 1. The number of aryl methyl sites for hydroxylation is 1. The molecule has 9 heteroatoms. The molecular formula is C11H8F3N3S3. The predicted octanol–water partition coefficient (Wildman–Crippen LogP) is 4.25. The van der Waals surface area contributed by atoms with E-state index in [1.807, 2.05) is 0 Å². The van der Waals surface area contributed by atoms with Gasteiger partial charge in [-0.1, -0.05) is 16.7 Å². The molecule has 0 atom stereocenters. The Hall–Kier alpha value is -1.19. The summed E-state index contributed by atoms with van der Waals surface area (Å²) in [6, 6.07) is 5.87. The van der Waals surface area contributed by atoms with Gasteiger partial charge in [-0.15, -0.1) is 5.10 Å². The number of aromatic nitrogens is 2. The molecular weight excluding hydrogens is 327 g/mol. The van der Waals surface area contributed by atoms with Gasteiger partial charge in [-0.25, -0.2) is 0 Å². The molecule has 0 radical (unpaired) electrons. The second-order valence-electron chi connectivity index (χ2n) is 3.71. The minimum Gasteiger partial charge on any atom is -0.345 e. The lowest BCUT2D eigenvalue weighted by Gasteiger charge is -2.08. The van der Waals surface area contributed by atoms with Crippen molar-refractivity contribution in [3.63, 3.8) is 0 Å². The standard InChI is InChI=1S/C11H8F3N3S3/c1-6-9(20-17-16-6)10(18)15-7-2-4-8(5-3-7)19-11(12,13)14/h2-5H,1H3,(H,15,18). The maximum Gasteiger partial charge on any atom is 0.446 e. The summed E-state index contributed by atoms with van der Waals surface area (Å²) in [5.41, 5.74) is -2.94. The third-order valence-electron chi connectivity index (χ3n) is 2.20. The minimum atomic E-state index is -4.28. The Kier molecular flexibility index (Phi) is 4.61. The SMILES string of the molecule is Cc1nnsc1C(=S)Nc1ccc(SC(F)(F)F)cc1. The van der Waals surface area contributed by atoms with E-state index in [1.165, 1.54) is 23.7 Å². The zero-order valence-electron chi connectivity index (χ0n) is 10.1. The number of hydrogen-bond acceptors (Lipinski definition) is 5. The second-order valence-corrected chi connectivity index (χ2v) is 6.01. The molecule has 0 aliphatic heterocycles. The summed E-state index contributed by atoms with van der Waals surface area (Å²) < 4.78 is 40.4. The van der Waals surface area contributed by atoms with Crippen molar-refractivity contribution in [3.8, 4) is 0 Å². The fourth-order valence-electron chi connectivity index (χ4n) is 1.37. The third kappa shape index (κ3) is 4.15. The van der Waals surface area contributed by atoms with Crippen molar-refractivity contribution in [2.45, 2.75) is 17.3 Å². The molecule has 0 spiro atoms. The van der Waals surface area contributed by atoms with Crippen molar-refractivity contribution in [1.82, 2.24) is 9.59 Å². The lowest BCUT2D eigenvalue weighted by atomic mass is 10.3. The van der Waals surface area contributed by atoms with Crippen molar-refractivity contribution in [2.75, 3.05) is 5.32 Å². The molecule has 1 aromatic heterocycles. The summed E-state index contributed by atoms with van der Waals surface area (Å²) in [7, 11) is 0. The molecule has 20 heavy (non-hydrogen) atoms. The maximum absolute atomic E-state index is 12.2. The van der Waals surface area contributed by atoms with Crippen LogP contribution in [0.25, 0.3) is 0 Å². The molecule has 2 rings (SSSR count). The van der Waals surface area contributed by atoms with Gasteiger partial charge in [0.25, 0.3) is 0 Å². The van der Waals surface area contributed by atoms with Gasteiger partial charge in [-0.05, 0) is 54.5 Å². The molecule has 1 heterocycles. The van der Waals surface area contributed by atoms with Gasteiger partial charge in [0.1, 0.15) is 9.87 Å². The number of thioether (sulfide) groups is 1. The monoisotopic (exact) mass is 335 g/mol. The molecule has 106 valence electrons. The first-order valence-corrected chi connectivity index (χ1v) is 7.31. The Morgan fingerprint density at radius 2 is 1.95 bits per heavy atom. The van der Waals surface area contributed by atoms with E-state index >= 15 is 0 Å². The number of nitrogens with one attached hydrogen (secondary N) is 1. The normalized spacial score (nSPS) is 11.4. The average molecular weight is 335 g/mol. The first kappa shape index (κ1) is 15.2. The van der Waals surface area contributed by atoms with Gasteiger partial charge < -0.3 is 5.32 Å². The highest BCUT2D eigenvalue weighted by Crippen LogP contribution is 2.37. The van der Waals surface area contributed by atoms with Crippen molar-refractivity contribution in [1.29, 1.82) is 0 Å². The number of rotatable bonds is 3. The highest BCUT2D eigenvalue weighted by atomic mass is 32.2. The lowest BCUT2D eigenvalue weighted by molar-refractivity contribution is -0.0328. The van der Waals surface area contributed by atoms with Crippen LogP contribution in [0.5, 0.6) is 0 Å². The number of anilines is 1. The van der Waals surface area contributed by atoms with E-state index < -0.39 is 5.51 Å². The Balaban J connectivity index is 2.04. The lowest BCUT2D eigenvalue weighted by Crippen LogP contribution is -2.10. The molecule has 0 unspecified atom stereocenters. The van der Waals surface area contributed by atoms with Gasteiger partial charge in [0.2, 0.25) is 0 Å². The van der Waals surface area contributed by atoms with Gasteiger partial charge in [-0.2, -0.15) is 13.2 Å². The second kappa shape index (κ2) is 6.06. The molecule has 3 nitrogen and oxygen atoms in total. The number of hydrogen-bond donors (Lipinski definition) is 1. The van der Waals surface area contributed by atoms with Crippen LogP contribution in [0.2, 0.25) is 0 Å². The molecule has 0 saturated heterocycles. The predicted molar refractivity (Wildman–Crippen MR) is 78.3 cm³/mol. The smallest absolute Gasteiger partial charge is 0.345 e. The Morgan fingerprint density at radius 3 is 2.45 bits per heavy atom. The van der Waals surface area contributed by atoms with Crippen LogP contribution in [0, 0.1) is 6.92 Å². The molecule has 0 saturated carbocycles. The van der Waals surface area contributed by atoms with Gasteiger partial charge in [0.05, 0.1) is 5.69 Å². The molecule has 0 bridgehead atoms. The maximum atomic E-state index is 12.2. The Labute approximate surface area is 126 Å². The van der Waals surface area contributed by atoms with Crippen molar-refractivity contribution in [3.05, 3.63) is 34.8 Å². The summed E-state index contributed by atoms with van der Waals surface area (Å²) in [6.45, 7) is 1.79. The highest BCUT2D eigenvalue weighted by molar-refractivity contribution is 8.00. The van der Waals surface area contributed by atoms with Gasteiger partial charge >= 0.3 is 5.51 Å². The first-order valence-electron chi connectivity index (χ1n) is 5.31. The van der Waals surface area contributed by atoms with Gasteiger partial charge in [0, 0.05) is 10.6 Å². The van der Waals surface area contributed by atoms with Crippen molar-refractivity contribution < 1.29 is 13.2 Å². The van der Waals surface area contributed by atoms with E-state index in [2.05, 4.69) is 14.9 Å². The summed E-state index contributed by atoms with van der Waals surface area (Å²) in [4.78, 5) is 1.33. The van der Waals surface area contributed by atoms with E-state index in [4.69, 9.17) is 12.2 Å². The Bertz CT molecular complexity index is 607. The molecule has 0 aliphatic carbocycles. The van der Waals surface area contributed by atoms with Crippen molar-refractivity contribution in [2.24, 2.45) is 0 Å². The van der Waals surface area contributed by atoms with Crippen LogP contribution in [0.4, 0.5) is 18.9 Å². The van der Waals surface area contributed by atoms with Crippen LogP contribution >= 0.6 is 35.5 Å². The summed E-state index contributed by atoms with van der Waals surface area (Å²) in [5, 5.41) is 6.79. The summed E-state index contributed by atoms with van der Waals surface area (Å²) >= 11 is 6.22. The summed E-state index contributed by atoms with van der Waals surface area (Å²) in [6.07, 6.45) is 0. The fraction of sp³-hybridized carbons (Fsp3) is 0.182. The largest absolute Gasteiger partial charge is 0.446 e. The molecule has 0 aliphatic rings. The number of nitrogens with zero attached hydrogens (tertiary/aromatic N) is 2. The number of alkyl halides is 3. The van der Waals surface area contributed by atoms with E-state index in [1.54, 1.807) is 19.1 Å². The highest BCUT2D eigenvalue weighted by Gasteiger charge is 2.29. The molecule has 1 aromatic carbocycles. The van der Waals surface area contributed by atoms with Crippen LogP contribution in [0.3, 0.4) is 0 Å². The topological polar surface area (TPSA) is 37.8 Å². The zero-order chi connectivity index (χ0) is 14.8. The van der Waals surface area contributed by atoms with E-state index in [0.29, 0.717) is 10.7 Å². The fourth-order valence-corrected chi connectivity index (χ4v) is 2.84. The average Bonchev–Trinajstić information content (AvgIpc) is 2.76. The van der Waals surface area contributed by atoms with Crippen LogP contribution < -0.4 is 5.32 Å². The molecule has 0 fully saturated rings. The number of halogens is 3. The van der Waals surface area contributed by atoms with Crippen LogP contribution in [0.15, 0.2) is 29.2 Å². The van der Waals surface area contributed by atoms with Crippen LogP contribution in [-0.4, -0.2) is 20.1 Å². The van der Waals surface area contributed by atoms with Crippen molar-refractivity contribution >= 4 is 46.2 Å².